The monoisotopic (exact) mass is 306 g/mol. The number of esters is 1. The van der Waals surface area contributed by atoms with Crippen molar-refractivity contribution in [2.75, 3.05) is 0 Å². The van der Waals surface area contributed by atoms with Gasteiger partial charge in [-0.25, -0.2) is 4.79 Å². The highest BCUT2D eigenvalue weighted by Gasteiger charge is 2.15. The van der Waals surface area contributed by atoms with Crippen LogP contribution in [-0.4, -0.2) is 16.2 Å². The van der Waals surface area contributed by atoms with Gasteiger partial charge in [-0.05, 0) is 42.0 Å². The Hall–Kier alpha value is -3.27. The molecule has 0 heterocycles. The van der Waals surface area contributed by atoms with Gasteiger partial charge in [-0.1, -0.05) is 36.4 Å². The van der Waals surface area contributed by atoms with Crippen molar-refractivity contribution in [3.8, 4) is 28.4 Å². The first kappa shape index (κ1) is 14.7. The van der Waals surface area contributed by atoms with Crippen molar-refractivity contribution in [1.29, 1.82) is 0 Å². The number of rotatable bonds is 3. The van der Waals surface area contributed by atoms with Crippen molar-refractivity contribution in [3.63, 3.8) is 0 Å². The van der Waals surface area contributed by atoms with E-state index < -0.39 is 5.97 Å². The molecule has 0 spiro atoms. The van der Waals surface area contributed by atoms with E-state index in [1.165, 1.54) is 18.2 Å². The molecule has 0 aliphatic carbocycles. The molecule has 4 nitrogen and oxygen atoms in total. The summed E-state index contributed by atoms with van der Waals surface area (Å²) in [5.41, 5.74) is 1.46. The lowest BCUT2D eigenvalue weighted by molar-refractivity contribution is 0.0735. The lowest BCUT2D eigenvalue weighted by Gasteiger charge is -2.12. The molecule has 0 saturated heterocycles. The second-order valence-corrected chi connectivity index (χ2v) is 4.95. The fraction of sp³-hybridized carbons (Fsp3) is 0. The Morgan fingerprint density at radius 3 is 2.17 bits per heavy atom. The Morgan fingerprint density at radius 1 is 0.783 bits per heavy atom. The van der Waals surface area contributed by atoms with Gasteiger partial charge in [-0.2, -0.15) is 0 Å². The molecule has 3 rings (SSSR count). The molecular weight excluding hydrogens is 292 g/mol. The smallest absolute Gasteiger partial charge is 0.343 e. The summed E-state index contributed by atoms with van der Waals surface area (Å²) in [4.78, 5) is 12.2. The van der Waals surface area contributed by atoms with E-state index in [1.54, 1.807) is 48.5 Å². The Labute approximate surface area is 133 Å². The maximum atomic E-state index is 12.2. The molecule has 2 N–H and O–H groups in total. The molecule has 0 aromatic heterocycles. The first-order valence-corrected chi connectivity index (χ1v) is 7.04. The molecule has 0 atom stereocenters. The highest BCUT2D eigenvalue weighted by Crippen LogP contribution is 2.38. The zero-order chi connectivity index (χ0) is 16.2. The summed E-state index contributed by atoms with van der Waals surface area (Å²) in [5, 5.41) is 19.5. The van der Waals surface area contributed by atoms with Gasteiger partial charge in [0.2, 0.25) is 0 Å². The summed E-state index contributed by atoms with van der Waals surface area (Å²) in [6.45, 7) is 0. The Balaban J connectivity index is 1.98. The average molecular weight is 306 g/mol. The standard InChI is InChI=1S/C19H14O4/c20-15-11-9-13(10-12-15)18-16(21)7-4-8-17(18)23-19(22)14-5-2-1-3-6-14/h1-12,20-21H. The maximum Gasteiger partial charge on any atom is 0.343 e. The molecule has 0 amide bonds. The van der Waals surface area contributed by atoms with E-state index in [9.17, 15) is 15.0 Å². The third-order valence-electron chi connectivity index (χ3n) is 3.37. The van der Waals surface area contributed by atoms with Crippen LogP contribution >= 0.6 is 0 Å². The quantitative estimate of drug-likeness (QED) is 0.567. The van der Waals surface area contributed by atoms with Gasteiger partial charge in [0.15, 0.2) is 0 Å². The first-order chi connectivity index (χ1) is 11.1. The number of benzene rings is 3. The molecule has 4 heteroatoms. The molecule has 0 unspecified atom stereocenters. The number of aromatic hydroxyl groups is 2. The fourth-order valence-electron chi connectivity index (χ4n) is 2.26. The van der Waals surface area contributed by atoms with Gasteiger partial charge in [0.05, 0.1) is 11.1 Å². The van der Waals surface area contributed by atoms with Crippen LogP contribution < -0.4 is 4.74 Å². The Bertz CT molecular complexity index is 824. The predicted molar refractivity (Wildman–Crippen MR) is 86.6 cm³/mol. The van der Waals surface area contributed by atoms with Crippen molar-refractivity contribution in [2.24, 2.45) is 0 Å². The lowest BCUT2D eigenvalue weighted by Crippen LogP contribution is -2.08. The van der Waals surface area contributed by atoms with E-state index in [4.69, 9.17) is 4.74 Å². The molecule has 23 heavy (non-hydrogen) atoms. The van der Waals surface area contributed by atoms with Gasteiger partial charge in [0, 0.05) is 0 Å². The summed E-state index contributed by atoms with van der Waals surface area (Å²) < 4.78 is 5.44. The number of phenols is 2. The van der Waals surface area contributed by atoms with Crippen LogP contribution in [0.1, 0.15) is 10.4 Å². The van der Waals surface area contributed by atoms with E-state index in [0.29, 0.717) is 16.7 Å². The second-order valence-electron chi connectivity index (χ2n) is 4.95. The summed E-state index contributed by atoms with van der Waals surface area (Å²) in [6, 6.07) is 19.7. The molecule has 0 fully saturated rings. The highest BCUT2D eigenvalue weighted by molar-refractivity contribution is 5.92. The molecule has 3 aromatic rings. The van der Waals surface area contributed by atoms with Crippen LogP contribution in [0.5, 0.6) is 17.2 Å². The Kier molecular flexibility index (Phi) is 3.97. The second kappa shape index (κ2) is 6.23. The van der Waals surface area contributed by atoms with Crippen LogP contribution in [0.2, 0.25) is 0 Å². The summed E-state index contributed by atoms with van der Waals surface area (Å²) in [6.07, 6.45) is 0. The number of ether oxygens (including phenoxy) is 1. The van der Waals surface area contributed by atoms with Gasteiger partial charge >= 0.3 is 5.97 Å². The van der Waals surface area contributed by atoms with Crippen molar-refractivity contribution >= 4 is 5.97 Å². The number of hydrogen-bond donors (Lipinski definition) is 2. The molecule has 0 aliphatic rings. The van der Waals surface area contributed by atoms with E-state index in [1.807, 2.05) is 6.07 Å². The topological polar surface area (TPSA) is 66.8 Å². The maximum absolute atomic E-state index is 12.2. The van der Waals surface area contributed by atoms with E-state index >= 15 is 0 Å². The molecule has 0 bridgehead atoms. The normalized spacial score (nSPS) is 10.3. The van der Waals surface area contributed by atoms with Crippen LogP contribution in [-0.2, 0) is 0 Å². The predicted octanol–water partition coefficient (Wildman–Crippen LogP) is 3.98. The fourth-order valence-corrected chi connectivity index (χ4v) is 2.26. The summed E-state index contributed by atoms with van der Waals surface area (Å²) in [7, 11) is 0. The van der Waals surface area contributed by atoms with Crippen LogP contribution in [0.3, 0.4) is 0 Å². The molecule has 0 saturated carbocycles. The molecule has 0 aliphatic heterocycles. The minimum absolute atomic E-state index is 0.00551. The zero-order valence-electron chi connectivity index (χ0n) is 12.1. The third-order valence-corrected chi connectivity index (χ3v) is 3.37. The van der Waals surface area contributed by atoms with Gasteiger partial charge in [-0.15, -0.1) is 0 Å². The number of carbonyl (C=O) groups is 1. The van der Waals surface area contributed by atoms with Crippen LogP contribution in [0.25, 0.3) is 11.1 Å². The number of carbonyl (C=O) groups excluding carboxylic acids is 1. The van der Waals surface area contributed by atoms with Crippen molar-refractivity contribution in [3.05, 3.63) is 78.4 Å². The Morgan fingerprint density at radius 2 is 1.48 bits per heavy atom. The molecule has 114 valence electrons. The first-order valence-electron chi connectivity index (χ1n) is 7.04. The third kappa shape index (κ3) is 3.16. The largest absolute Gasteiger partial charge is 0.508 e. The van der Waals surface area contributed by atoms with Crippen LogP contribution in [0.15, 0.2) is 72.8 Å². The van der Waals surface area contributed by atoms with Gasteiger partial charge in [-0.3, -0.25) is 0 Å². The zero-order valence-corrected chi connectivity index (χ0v) is 12.1. The minimum atomic E-state index is -0.503. The van der Waals surface area contributed by atoms with Crippen LogP contribution in [0.4, 0.5) is 0 Å². The summed E-state index contributed by atoms with van der Waals surface area (Å²) in [5.74, 6) is -0.137. The van der Waals surface area contributed by atoms with Gasteiger partial charge < -0.3 is 14.9 Å². The number of phenolic OH excluding ortho intramolecular Hbond substituents is 2. The van der Waals surface area contributed by atoms with Gasteiger partial charge in [0.25, 0.3) is 0 Å². The summed E-state index contributed by atoms with van der Waals surface area (Å²) >= 11 is 0. The lowest BCUT2D eigenvalue weighted by atomic mass is 10.0. The van der Waals surface area contributed by atoms with E-state index in [2.05, 4.69) is 0 Å². The molecule has 3 aromatic carbocycles. The van der Waals surface area contributed by atoms with Crippen LogP contribution in [0, 0.1) is 0 Å². The van der Waals surface area contributed by atoms with E-state index in [-0.39, 0.29) is 17.2 Å². The van der Waals surface area contributed by atoms with Gasteiger partial charge in [0.1, 0.15) is 17.2 Å². The van der Waals surface area contributed by atoms with E-state index in [0.717, 1.165) is 0 Å². The minimum Gasteiger partial charge on any atom is -0.508 e. The van der Waals surface area contributed by atoms with Crippen molar-refractivity contribution in [2.45, 2.75) is 0 Å². The number of hydrogen-bond acceptors (Lipinski definition) is 4. The SMILES string of the molecule is O=C(Oc1cccc(O)c1-c1ccc(O)cc1)c1ccccc1. The average Bonchev–Trinajstić information content (AvgIpc) is 2.57. The molecule has 0 radical (unpaired) electrons. The van der Waals surface area contributed by atoms with Crippen molar-refractivity contribution < 1.29 is 19.7 Å². The highest BCUT2D eigenvalue weighted by atomic mass is 16.5. The molecular formula is C19H14O4. The van der Waals surface area contributed by atoms with Crippen molar-refractivity contribution in [1.82, 2.24) is 0 Å².